The number of hydrogen-bond acceptors (Lipinski definition) is 2. The molecule has 2 aromatic carbocycles. The number of allylic oxidation sites excluding steroid dienone is 3. The molecule has 0 amide bonds. The van der Waals surface area contributed by atoms with Crippen molar-refractivity contribution in [2.75, 3.05) is 0 Å². The van der Waals surface area contributed by atoms with Crippen molar-refractivity contribution in [1.82, 2.24) is 0 Å². The maximum absolute atomic E-state index is 11.6. The molecule has 0 atom stereocenters. The van der Waals surface area contributed by atoms with Crippen LogP contribution in [0.15, 0.2) is 72.8 Å². The van der Waals surface area contributed by atoms with E-state index in [1.165, 1.54) is 11.6 Å². The van der Waals surface area contributed by atoms with Crippen LogP contribution in [0.2, 0.25) is 0 Å². The Morgan fingerprint density at radius 1 is 0.957 bits per heavy atom. The van der Waals surface area contributed by atoms with E-state index < -0.39 is 0 Å². The number of benzene rings is 2. The van der Waals surface area contributed by atoms with Gasteiger partial charge in [-0.3, -0.25) is 0 Å². The van der Waals surface area contributed by atoms with Crippen LogP contribution in [0.5, 0.6) is 5.75 Å². The predicted octanol–water partition coefficient (Wildman–Crippen LogP) is 5.34. The molecule has 0 unspecified atom stereocenters. The van der Waals surface area contributed by atoms with Gasteiger partial charge in [-0.15, -0.1) is 0 Å². The van der Waals surface area contributed by atoms with E-state index in [1.807, 2.05) is 37.3 Å². The Bertz CT molecular complexity index is 677. The molecule has 2 aromatic rings. The molecule has 0 bridgehead atoms. The zero-order chi connectivity index (χ0) is 16.5. The van der Waals surface area contributed by atoms with Gasteiger partial charge in [0.25, 0.3) is 0 Å². The van der Waals surface area contributed by atoms with Crippen molar-refractivity contribution in [1.29, 1.82) is 0 Å². The van der Waals surface area contributed by atoms with Crippen molar-refractivity contribution < 1.29 is 9.53 Å². The highest BCUT2D eigenvalue weighted by molar-refractivity contribution is 5.84. The molecule has 0 aliphatic heterocycles. The number of aryl methyl sites for hydroxylation is 1. The zero-order valence-corrected chi connectivity index (χ0v) is 13.7. The average Bonchev–Trinajstić information content (AvgIpc) is 2.57. The Balaban J connectivity index is 2.02. The SMILES string of the molecule is C/C=C/C=C/C(=O)Oc1ccc(-c2ccc(CCC)cc2)cc1. The Morgan fingerprint density at radius 2 is 1.57 bits per heavy atom. The summed E-state index contributed by atoms with van der Waals surface area (Å²) in [4.78, 5) is 11.6. The summed E-state index contributed by atoms with van der Waals surface area (Å²) in [5.74, 6) is 0.172. The molecular formula is C21H22O2. The summed E-state index contributed by atoms with van der Waals surface area (Å²) >= 11 is 0. The second kappa shape index (κ2) is 8.74. The molecule has 0 radical (unpaired) electrons. The Hall–Kier alpha value is -2.61. The minimum atomic E-state index is -0.375. The Morgan fingerprint density at radius 3 is 2.13 bits per heavy atom. The fraction of sp³-hybridized carbons (Fsp3) is 0.190. The van der Waals surface area contributed by atoms with E-state index in [9.17, 15) is 4.79 Å². The van der Waals surface area contributed by atoms with Gasteiger partial charge in [0.2, 0.25) is 0 Å². The second-order valence-corrected chi connectivity index (χ2v) is 5.28. The Kier molecular flexibility index (Phi) is 6.37. The standard InChI is InChI=1S/C21H22O2/c1-3-5-6-8-21(22)23-20-15-13-19(14-16-20)18-11-9-17(7-4-2)10-12-18/h3,5-6,8-16H,4,7H2,1-2H3/b5-3+,8-6+. The first-order chi connectivity index (χ1) is 11.2. The van der Waals surface area contributed by atoms with Crippen LogP contribution in [0.3, 0.4) is 0 Å². The lowest BCUT2D eigenvalue weighted by Gasteiger charge is -2.06. The molecule has 0 saturated carbocycles. The smallest absolute Gasteiger partial charge is 0.336 e. The van der Waals surface area contributed by atoms with Gasteiger partial charge in [-0.05, 0) is 42.2 Å². The molecule has 2 heteroatoms. The predicted molar refractivity (Wildman–Crippen MR) is 95.5 cm³/mol. The summed E-state index contributed by atoms with van der Waals surface area (Å²) in [6.45, 7) is 4.07. The number of hydrogen-bond donors (Lipinski definition) is 0. The van der Waals surface area contributed by atoms with Gasteiger partial charge in [0.05, 0.1) is 0 Å². The summed E-state index contributed by atoms with van der Waals surface area (Å²) in [5, 5.41) is 0. The van der Waals surface area contributed by atoms with Gasteiger partial charge in [0, 0.05) is 6.08 Å². The first-order valence-corrected chi connectivity index (χ1v) is 7.93. The molecule has 23 heavy (non-hydrogen) atoms. The lowest BCUT2D eigenvalue weighted by atomic mass is 10.0. The van der Waals surface area contributed by atoms with Crippen molar-refractivity contribution in [2.45, 2.75) is 26.7 Å². The van der Waals surface area contributed by atoms with Crippen molar-refractivity contribution >= 4 is 5.97 Å². The van der Waals surface area contributed by atoms with Gasteiger partial charge < -0.3 is 4.74 Å². The number of carbonyl (C=O) groups excluding carboxylic acids is 1. The number of carbonyl (C=O) groups is 1. The van der Waals surface area contributed by atoms with E-state index in [4.69, 9.17) is 4.74 Å². The average molecular weight is 306 g/mol. The first kappa shape index (κ1) is 16.8. The molecular weight excluding hydrogens is 284 g/mol. The van der Waals surface area contributed by atoms with Gasteiger partial charge in [0.1, 0.15) is 5.75 Å². The third-order valence-electron chi connectivity index (χ3n) is 3.43. The fourth-order valence-corrected chi connectivity index (χ4v) is 2.26. The molecule has 2 rings (SSSR count). The molecule has 0 saturated heterocycles. The number of esters is 1. The van der Waals surface area contributed by atoms with Gasteiger partial charge >= 0.3 is 5.97 Å². The normalized spacial score (nSPS) is 11.2. The van der Waals surface area contributed by atoms with Crippen molar-refractivity contribution in [2.24, 2.45) is 0 Å². The number of rotatable bonds is 6. The molecule has 2 nitrogen and oxygen atoms in total. The van der Waals surface area contributed by atoms with Crippen LogP contribution in [0.1, 0.15) is 25.8 Å². The minimum absolute atomic E-state index is 0.375. The quantitative estimate of drug-likeness (QED) is 0.311. The molecule has 0 aromatic heterocycles. The molecule has 0 N–H and O–H groups in total. The van der Waals surface area contributed by atoms with Gasteiger partial charge in [-0.1, -0.05) is 68.0 Å². The minimum Gasteiger partial charge on any atom is -0.423 e. The summed E-state index contributed by atoms with van der Waals surface area (Å²) in [6.07, 6.45) is 8.96. The summed E-state index contributed by atoms with van der Waals surface area (Å²) < 4.78 is 5.24. The highest BCUT2D eigenvalue weighted by Crippen LogP contribution is 2.23. The van der Waals surface area contributed by atoms with E-state index in [-0.39, 0.29) is 5.97 Å². The highest BCUT2D eigenvalue weighted by Gasteiger charge is 2.02. The third-order valence-corrected chi connectivity index (χ3v) is 3.43. The monoisotopic (exact) mass is 306 g/mol. The maximum atomic E-state index is 11.6. The molecule has 118 valence electrons. The van der Waals surface area contributed by atoms with Crippen LogP contribution >= 0.6 is 0 Å². The maximum Gasteiger partial charge on any atom is 0.336 e. The molecule has 0 heterocycles. The first-order valence-electron chi connectivity index (χ1n) is 7.93. The second-order valence-electron chi connectivity index (χ2n) is 5.28. The van der Waals surface area contributed by atoms with E-state index in [0.717, 1.165) is 24.0 Å². The van der Waals surface area contributed by atoms with Crippen LogP contribution in [0, 0.1) is 0 Å². The lowest BCUT2D eigenvalue weighted by Crippen LogP contribution is -2.03. The summed E-state index contributed by atoms with van der Waals surface area (Å²) in [6, 6.07) is 16.2. The van der Waals surface area contributed by atoms with Crippen LogP contribution in [0.25, 0.3) is 11.1 Å². The van der Waals surface area contributed by atoms with Gasteiger partial charge in [-0.2, -0.15) is 0 Å². The lowest BCUT2D eigenvalue weighted by molar-refractivity contribution is -0.128. The van der Waals surface area contributed by atoms with Crippen LogP contribution in [-0.2, 0) is 11.2 Å². The molecule has 0 aliphatic carbocycles. The van der Waals surface area contributed by atoms with Gasteiger partial charge in [0.15, 0.2) is 0 Å². The topological polar surface area (TPSA) is 26.3 Å². The number of ether oxygens (including phenoxy) is 1. The van der Waals surface area contributed by atoms with Crippen molar-refractivity contribution in [3.8, 4) is 16.9 Å². The third kappa shape index (κ3) is 5.26. The van der Waals surface area contributed by atoms with Crippen LogP contribution in [0.4, 0.5) is 0 Å². The van der Waals surface area contributed by atoms with Crippen LogP contribution in [-0.4, -0.2) is 5.97 Å². The Labute approximate surface area is 138 Å². The molecule has 0 fully saturated rings. The van der Waals surface area contributed by atoms with E-state index in [2.05, 4.69) is 31.2 Å². The molecule has 0 aliphatic rings. The van der Waals surface area contributed by atoms with Gasteiger partial charge in [-0.25, -0.2) is 4.79 Å². The fourth-order valence-electron chi connectivity index (χ4n) is 2.26. The molecule has 0 spiro atoms. The van der Waals surface area contributed by atoms with E-state index in [0.29, 0.717) is 5.75 Å². The highest BCUT2D eigenvalue weighted by atomic mass is 16.5. The van der Waals surface area contributed by atoms with Crippen molar-refractivity contribution in [3.63, 3.8) is 0 Å². The van der Waals surface area contributed by atoms with E-state index in [1.54, 1.807) is 12.2 Å². The zero-order valence-electron chi connectivity index (χ0n) is 13.7. The summed E-state index contributed by atoms with van der Waals surface area (Å²) in [5.41, 5.74) is 3.63. The van der Waals surface area contributed by atoms with Crippen LogP contribution < -0.4 is 4.74 Å². The largest absolute Gasteiger partial charge is 0.423 e. The van der Waals surface area contributed by atoms with E-state index >= 15 is 0 Å². The van der Waals surface area contributed by atoms with Crippen molar-refractivity contribution in [3.05, 3.63) is 78.4 Å². The summed E-state index contributed by atoms with van der Waals surface area (Å²) in [7, 11) is 0.